The van der Waals surface area contributed by atoms with E-state index in [0.717, 1.165) is 11.4 Å². The Hall–Kier alpha value is -2.94. The Bertz CT molecular complexity index is 1020. The summed E-state index contributed by atoms with van der Waals surface area (Å²) in [5.74, 6) is 0.144. The van der Waals surface area contributed by atoms with Gasteiger partial charge in [-0.25, -0.2) is 4.79 Å². The molecule has 0 amide bonds. The minimum Gasteiger partial charge on any atom is -0.426 e. The highest BCUT2D eigenvalue weighted by atomic mass is 16.7. The fourth-order valence-corrected chi connectivity index (χ4v) is 2.69. The maximum atomic E-state index is 11.3. The maximum absolute atomic E-state index is 11.3. The predicted octanol–water partition coefficient (Wildman–Crippen LogP) is 2.47. The highest BCUT2D eigenvalue weighted by Gasteiger charge is 2.33. The molecule has 26 heavy (non-hydrogen) atoms. The summed E-state index contributed by atoms with van der Waals surface area (Å²) in [7, 11) is 0. The molecule has 0 fully saturated rings. The Labute approximate surface area is 148 Å². The third-order valence-corrected chi connectivity index (χ3v) is 4.19. The first-order valence-electron chi connectivity index (χ1n) is 8.30. The third kappa shape index (κ3) is 2.90. The van der Waals surface area contributed by atoms with Gasteiger partial charge in [-0.1, -0.05) is 13.8 Å². The van der Waals surface area contributed by atoms with E-state index < -0.39 is 17.8 Å². The maximum Gasteiger partial charge on any atom is 0.417 e. The second kappa shape index (κ2) is 5.80. The standard InChI is InChI=1S/C17H19N5O4/c1-8(2)9-5-11-14(22-21-9)25-16(20-11)26-17(3,4)13-6-10-12(7-18-13)24-15(23)19-10/h5-8,16,20H,1-4H3,(H,19,23). The number of nitrogens with one attached hydrogen (secondary N) is 2. The molecule has 0 spiro atoms. The normalized spacial score (nSPS) is 16.6. The van der Waals surface area contributed by atoms with Crippen molar-refractivity contribution < 1.29 is 13.9 Å². The lowest BCUT2D eigenvalue weighted by atomic mass is 10.0. The van der Waals surface area contributed by atoms with Gasteiger partial charge in [-0.15, -0.1) is 5.10 Å². The van der Waals surface area contributed by atoms with Crippen molar-refractivity contribution >= 4 is 16.8 Å². The van der Waals surface area contributed by atoms with E-state index in [1.165, 1.54) is 6.20 Å². The zero-order chi connectivity index (χ0) is 18.5. The summed E-state index contributed by atoms with van der Waals surface area (Å²) in [4.78, 5) is 18.2. The van der Waals surface area contributed by atoms with Crippen molar-refractivity contribution in [1.29, 1.82) is 0 Å². The monoisotopic (exact) mass is 357 g/mol. The first-order chi connectivity index (χ1) is 12.3. The molecule has 9 nitrogen and oxygen atoms in total. The summed E-state index contributed by atoms with van der Waals surface area (Å²) in [5, 5.41) is 11.4. The summed E-state index contributed by atoms with van der Waals surface area (Å²) < 4.78 is 16.7. The van der Waals surface area contributed by atoms with Crippen LogP contribution in [0.2, 0.25) is 0 Å². The van der Waals surface area contributed by atoms with E-state index in [2.05, 4.69) is 25.5 Å². The van der Waals surface area contributed by atoms with Gasteiger partial charge in [0, 0.05) is 0 Å². The number of nitrogens with zero attached hydrogens (tertiary/aromatic N) is 3. The first-order valence-corrected chi connectivity index (χ1v) is 8.30. The lowest BCUT2D eigenvalue weighted by Crippen LogP contribution is -2.35. The van der Waals surface area contributed by atoms with Crippen LogP contribution >= 0.6 is 0 Å². The molecule has 0 aromatic carbocycles. The molecular weight excluding hydrogens is 338 g/mol. The van der Waals surface area contributed by atoms with Crippen LogP contribution in [0.5, 0.6) is 5.88 Å². The number of H-pyrrole nitrogens is 1. The molecule has 3 aromatic rings. The lowest BCUT2D eigenvalue weighted by molar-refractivity contribution is -0.143. The van der Waals surface area contributed by atoms with Crippen molar-refractivity contribution in [2.24, 2.45) is 0 Å². The van der Waals surface area contributed by atoms with E-state index in [0.29, 0.717) is 22.7 Å². The zero-order valence-corrected chi connectivity index (χ0v) is 14.9. The summed E-state index contributed by atoms with van der Waals surface area (Å²) in [5.41, 5.74) is 2.40. The van der Waals surface area contributed by atoms with Crippen molar-refractivity contribution in [3.8, 4) is 5.88 Å². The summed E-state index contributed by atoms with van der Waals surface area (Å²) >= 11 is 0. The third-order valence-electron chi connectivity index (χ3n) is 4.19. The second-order valence-electron chi connectivity index (χ2n) is 6.95. The van der Waals surface area contributed by atoms with Crippen LogP contribution in [0.4, 0.5) is 5.69 Å². The SMILES string of the molecule is CC(C)c1cc2c(nn1)OC(OC(C)(C)c1cc3[nH]c(=O)oc3cn1)N2. The van der Waals surface area contributed by atoms with E-state index in [1.54, 1.807) is 6.07 Å². The molecule has 1 atom stereocenters. The van der Waals surface area contributed by atoms with E-state index in [1.807, 2.05) is 33.8 Å². The Morgan fingerprint density at radius 2 is 2.08 bits per heavy atom. The number of hydrogen-bond acceptors (Lipinski definition) is 8. The van der Waals surface area contributed by atoms with Gasteiger partial charge in [0.25, 0.3) is 12.3 Å². The first kappa shape index (κ1) is 16.5. The van der Waals surface area contributed by atoms with Gasteiger partial charge in [0.15, 0.2) is 5.58 Å². The van der Waals surface area contributed by atoms with E-state index in [4.69, 9.17) is 13.9 Å². The average molecular weight is 357 g/mol. The van der Waals surface area contributed by atoms with E-state index in [-0.39, 0.29) is 5.92 Å². The van der Waals surface area contributed by atoms with Crippen LogP contribution in [-0.4, -0.2) is 26.6 Å². The lowest BCUT2D eigenvalue weighted by Gasteiger charge is -2.27. The van der Waals surface area contributed by atoms with E-state index >= 15 is 0 Å². The average Bonchev–Trinajstić information content (AvgIpc) is 3.13. The number of ether oxygens (including phenoxy) is 2. The Kier molecular flexibility index (Phi) is 3.69. The van der Waals surface area contributed by atoms with Crippen LogP contribution in [0.3, 0.4) is 0 Å². The molecule has 0 bridgehead atoms. The van der Waals surface area contributed by atoms with Gasteiger partial charge in [0.1, 0.15) is 11.3 Å². The van der Waals surface area contributed by atoms with Gasteiger partial charge >= 0.3 is 5.76 Å². The second-order valence-corrected chi connectivity index (χ2v) is 6.95. The van der Waals surface area contributed by atoms with Gasteiger partial charge in [-0.2, -0.15) is 5.10 Å². The van der Waals surface area contributed by atoms with Gasteiger partial charge in [0.2, 0.25) is 0 Å². The number of aromatic nitrogens is 4. The topological polar surface area (TPSA) is 115 Å². The molecule has 1 aliphatic rings. The molecule has 0 radical (unpaired) electrons. The van der Waals surface area contributed by atoms with E-state index in [9.17, 15) is 4.79 Å². The summed E-state index contributed by atoms with van der Waals surface area (Å²) in [6.45, 7) is 7.81. The summed E-state index contributed by atoms with van der Waals surface area (Å²) in [6, 6.07) is 3.63. The van der Waals surface area contributed by atoms with Crippen molar-refractivity contribution in [2.75, 3.05) is 5.32 Å². The number of hydrogen-bond donors (Lipinski definition) is 2. The van der Waals surface area contributed by atoms with Crippen LogP contribution < -0.4 is 15.8 Å². The molecular formula is C17H19N5O4. The molecule has 9 heteroatoms. The minimum atomic E-state index is -0.795. The van der Waals surface area contributed by atoms with Crippen molar-refractivity contribution in [3.05, 3.63) is 40.3 Å². The number of aromatic amines is 1. The number of rotatable bonds is 4. The predicted molar refractivity (Wildman–Crippen MR) is 92.9 cm³/mol. The summed E-state index contributed by atoms with van der Waals surface area (Å²) in [6.07, 6.45) is 0.767. The van der Waals surface area contributed by atoms with Crippen molar-refractivity contribution in [1.82, 2.24) is 20.2 Å². The van der Waals surface area contributed by atoms with Gasteiger partial charge in [0.05, 0.1) is 23.1 Å². The number of pyridine rings is 1. The molecule has 0 aliphatic carbocycles. The smallest absolute Gasteiger partial charge is 0.417 e. The van der Waals surface area contributed by atoms with Gasteiger partial charge < -0.3 is 19.2 Å². The zero-order valence-electron chi connectivity index (χ0n) is 14.9. The Balaban J connectivity index is 1.54. The number of anilines is 1. The molecule has 1 aliphatic heterocycles. The Morgan fingerprint density at radius 3 is 2.85 bits per heavy atom. The molecule has 4 rings (SSSR count). The fourth-order valence-electron chi connectivity index (χ4n) is 2.69. The van der Waals surface area contributed by atoms with Gasteiger partial charge in [-0.3, -0.25) is 9.97 Å². The molecule has 1 unspecified atom stereocenters. The fraction of sp³-hybridized carbons (Fsp3) is 0.412. The molecule has 0 saturated carbocycles. The minimum absolute atomic E-state index is 0.263. The van der Waals surface area contributed by atoms with Gasteiger partial charge in [-0.05, 0) is 31.9 Å². The highest BCUT2D eigenvalue weighted by Crippen LogP contribution is 2.34. The number of fused-ring (bicyclic) bond motifs is 2. The Morgan fingerprint density at radius 1 is 1.27 bits per heavy atom. The van der Waals surface area contributed by atoms with Crippen LogP contribution in [0, 0.1) is 0 Å². The van der Waals surface area contributed by atoms with Crippen LogP contribution in [0.15, 0.2) is 27.5 Å². The molecule has 2 N–H and O–H groups in total. The van der Waals surface area contributed by atoms with Crippen LogP contribution in [0.1, 0.15) is 45.0 Å². The number of oxazole rings is 1. The molecule has 3 aromatic heterocycles. The molecule has 136 valence electrons. The van der Waals surface area contributed by atoms with Crippen LogP contribution in [-0.2, 0) is 10.3 Å². The van der Waals surface area contributed by atoms with Crippen LogP contribution in [0.25, 0.3) is 11.1 Å². The quantitative estimate of drug-likeness (QED) is 0.732. The van der Waals surface area contributed by atoms with Crippen molar-refractivity contribution in [3.63, 3.8) is 0 Å². The largest absolute Gasteiger partial charge is 0.426 e. The molecule has 0 saturated heterocycles. The van der Waals surface area contributed by atoms with Crippen molar-refractivity contribution in [2.45, 2.75) is 45.6 Å². The highest BCUT2D eigenvalue weighted by molar-refractivity contribution is 5.71. The molecule has 4 heterocycles.